The summed E-state index contributed by atoms with van der Waals surface area (Å²) >= 11 is 0. The number of nitrogens with one attached hydrogen (secondary N) is 2. The normalized spacial score (nSPS) is 10.0. The van der Waals surface area contributed by atoms with E-state index in [2.05, 4.69) is 15.6 Å². The maximum Gasteiger partial charge on any atom is 0.270 e. The molecule has 0 bridgehead atoms. The third-order valence-corrected chi connectivity index (χ3v) is 3.02. The molecule has 0 saturated heterocycles. The van der Waals surface area contributed by atoms with E-state index in [0.717, 1.165) is 11.3 Å². The molecule has 0 aliphatic carbocycles. The van der Waals surface area contributed by atoms with Crippen LogP contribution in [0.25, 0.3) is 0 Å². The maximum absolute atomic E-state index is 12.0. The van der Waals surface area contributed by atoms with Crippen molar-refractivity contribution in [3.63, 3.8) is 0 Å². The lowest BCUT2D eigenvalue weighted by Gasteiger charge is -2.06. The monoisotopic (exact) mass is 283 g/mol. The molecule has 5 nitrogen and oxygen atoms in total. The van der Waals surface area contributed by atoms with Crippen LogP contribution >= 0.6 is 0 Å². The van der Waals surface area contributed by atoms with Gasteiger partial charge in [0, 0.05) is 24.8 Å². The Kier molecular flexibility index (Phi) is 4.66. The first-order valence-corrected chi connectivity index (χ1v) is 6.63. The fourth-order valence-corrected chi connectivity index (χ4v) is 1.86. The van der Waals surface area contributed by atoms with Crippen LogP contribution < -0.4 is 10.6 Å². The van der Waals surface area contributed by atoms with Gasteiger partial charge in [0.2, 0.25) is 0 Å². The zero-order valence-electron chi connectivity index (χ0n) is 12.0. The van der Waals surface area contributed by atoms with E-state index in [1.807, 2.05) is 25.1 Å². The van der Waals surface area contributed by atoms with Crippen molar-refractivity contribution in [3.05, 3.63) is 65.0 Å². The first-order valence-electron chi connectivity index (χ1n) is 6.63. The number of aryl methyl sites for hydroxylation is 1. The summed E-state index contributed by atoms with van der Waals surface area (Å²) in [6.45, 7) is 2.23. The molecule has 2 amide bonds. The van der Waals surface area contributed by atoms with Crippen LogP contribution in [0.5, 0.6) is 0 Å². The number of hydrogen-bond acceptors (Lipinski definition) is 3. The summed E-state index contributed by atoms with van der Waals surface area (Å²) in [6, 6.07) is 12.4. The Morgan fingerprint density at radius 3 is 2.38 bits per heavy atom. The van der Waals surface area contributed by atoms with Gasteiger partial charge in [-0.25, -0.2) is 4.98 Å². The Bertz CT molecular complexity index is 651. The molecule has 0 aliphatic heterocycles. The molecule has 2 rings (SSSR count). The van der Waals surface area contributed by atoms with Crippen molar-refractivity contribution in [3.8, 4) is 0 Å². The Morgan fingerprint density at radius 2 is 1.76 bits per heavy atom. The molecule has 0 aliphatic rings. The maximum atomic E-state index is 12.0. The molecule has 5 heteroatoms. The van der Waals surface area contributed by atoms with Crippen molar-refractivity contribution in [2.24, 2.45) is 0 Å². The Hall–Kier alpha value is -2.69. The summed E-state index contributed by atoms with van der Waals surface area (Å²) < 4.78 is 0. The summed E-state index contributed by atoms with van der Waals surface area (Å²) in [7, 11) is 1.59. The molecule has 0 fully saturated rings. The highest BCUT2D eigenvalue weighted by Crippen LogP contribution is 2.05. The molecule has 108 valence electrons. The summed E-state index contributed by atoms with van der Waals surface area (Å²) in [5.41, 5.74) is 2.71. The SMILES string of the molecule is CNC(=O)c1ccc(CNC(=O)c2cccc(C)n2)cc1. The molecule has 0 spiro atoms. The van der Waals surface area contributed by atoms with Crippen LogP contribution in [-0.2, 0) is 6.54 Å². The summed E-state index contributed by atoms with van der Waals surface area (Å²) in [5.74, 6) is -0.344. The average molecular weight is 283 g/mol. The van der Waals surface area contributed by atoms with Gasteiger partial charge in [-0.2, -0.15) is 0 Å². The highest BCUT2D eigenvalue weighted by Gasteiger charge is 2.07. The fraction of sp³-hybridized carbons (Fsp3) is 0.188. The quantitative estimate of drug-likeness (QED) is 0.896. The number of pyridine rings is 1. The van der Waals surface area contributed by atoms with Gasteiger partial charge < -0.3 is 10.6 Å². The van der Waals surface area contributed by atoms with Crippen LogP contribution in [0.3, 0.4) is 0 Å². The lowest BCUT2D eigenvalue weighted by Crippen LogP contribution is -2.24. The smallest absolute Gasteiger partial charge is 0.270 e. The minimum Gasteiger partial charge on any atom is -0.355 e. The predicted molar refractivity (Wildman–Crippen MR) is 80.0 cm³/mol. The highest BCUT2D eigenvalue weighted by molar-refractivity contribution is 5.94. The lowest BCUT2D eigenvalue weighted by molar-refractivity contribution is 0.0942. The van der Waals surface area contributed by atoms with Crippen LogP contribution in [0.15, 0.2) is 42.5 Å². The number of carbonyl (C=O) groups excluding carboxylic acids is 2. The molecular formula is C16H17N3O2. The topological polar surface area (TPSA) is 71.1 Å². The van der Waals surface area contributed by atoms with Crippen molar-refractivity contribution >= 4 is 11.8 Å². The van der Waals surface area contributed by atoms with E-state index in [0.29, 0.717) is 17.8 Å². The van der Waals surface area contributed by atoms with Gasteiger partial charge in [0.15, 0.2) is 0 Å². The molecule has 21 heavy (non-hydrogen) atoms. The van der Waals surface area contributed by atoms with Crippen molar-refractivity contribution in [1.82, 2.24) is 15.6 Å². The van der Waals surface area contributed by atoms with Crippen molar-refractivity contribution in [1.29, 1.82) is 0 Å². The van der Waals surface area contributed by atoms with Gasteiger partial charge in [0.1, 0.15) is 5.69 Å². The first-order chi connectivity index (χ1) is 10.1. The van der Waals surface area contributed by atoms with Crippen molar-refractivity contribution in [2.75, 3.05) is 7.05 Å². The summed E-state index contributed by atoms with van der Waals surface area (Å²) in [5, 5.41) is 5.36. The standard InChI is InChI=1S/C16H17N3O2/c1-11-4-3-5-14(19-11)16(21)18-10-12-6-8-13(9-7-12)15(20)17-2/h3-9H,10H2,1-2H3,(H,17,20)(H,18,21). The average Bonchev–Trinajstić information content (AvgIpc) is 2.52. The van der Waals surface area contributed by atoms with E-state index in [9.17, 15) is 9.59 Å². The van der Waals surface area contributed by atoms with Gasteiger partial charge >= 0.3 is 0 Å². The second kappa shape index (κ2) is 6.65. The Morgan fingerprint density at radius 1 is 1.05 bits per heavy atom. The minimum atomic E-state index is -0.214. The number of aromatic nitrogens is 1. The van der Waals surface area contributed by atoms with E-state index in [1.54, 1.807) is 31.3 Å². The van der Waals surface area contributed by atoms with E-state index >= 15 is 0 Å². The van der Waals surface area contributed by atoms with E-state index in [4.69, 9.17) is 0 Å². The van der Waals surface area contributed by atoms with Crippen molar-refractivity contribution < 1.29 is 9.59 Å². The molecule has 0 radical (unpaired) electrons. The molecule has 0 unspecified atom stereocenters. The first kappa shape index (κ1) is 14.7. The van der Waals surface area contributed by atoms with Crippen molar-refractivity contribution in [2.45, 2.75) is 13.5 Å². The molecule has 2 aromatic rings. The number of rotatable bonds is 4. The molecule has 1 aromatic heterocycles. The molecule has 0 atom stereocenters. The summed E-state index contributed by atoms with van der Waals surface area (Å²) in [4.78, 5) is 27.5. The Labute approximate surface area is 123 Å². The van der Waals surface area contributed by atoms with Gasteiger partial charge in [-0.3, -0.25) is 9.59 Å². The van der Waals surface area contributed by atoms with Crippen LogP contribution in [0.4, 0.5) is 0 Å². The largest absolute Gasteiger partial charge is 0.355 e. The van der Waals surface area contributed by atoms with Crippen LogP contribution in [0.2, 0.25) is 0 Å². The zero-order chi connectivity index (χ0) is 15.2. The Balaban J connectivity index is 1.97. The van der Waals surface area contributed by atoms with E-state index in [1.165, 1.54) is 0 Å². The van der Waals surface area contributed by atoms with Gasteiger partial charge in [-0.15, -0.1) is 0 Å². The van der Waals surface area contributed by atoms with Gasteiger partial charge in [-0.05, 0) is 36.8 Å². The second-order valence-electron chi connectivity index (χ2n) is 4.62. The van der Waals surface area contributed by atoms with Crippen LogP contribution in [-0.4, -0.2) is 23.8 Å². The number of benzene rings is 1. The van der Waals surface area contributed by atoms with E-state index in [-0.39, 0.29) is 11.8 Å². The third-order valence-electron chi connectivity index (χ3n) is 3.02. The highest BCUT2D eigenvalue weighted by atomic mass is 16.2. The molecule has 1 aromatic carbocycles. The summed E-state index contributed by atoms with van der Waals surface area (Å²) in [6.07, 6.45) is 0. The zero-order valence-corrected chi connectivity index (χ0v) is 12.0. The molecular weight excluding hydrogens is 266 g/mol. The van der Waals surface area contributed by atoms with Crippen LogP contribution in [0.1, 0.15) is 32.1 Å². The minimum absolute atomic E-state index is 0.130. The van der Waals surface area contributed by atoms with E-state index < -0.39 is 0 Å². The van der Waals surface area contributed by atoms with Gasteiger partial charge in [0.05, 0.1) is 0 Å². The number of hydrogen-bond donors (Lipinski definition) is 2. The van der Waals surface area contributed by atoms with Gasteiger partial charge in [0.25, 0.3) is 11.8 Å². The predicted octanol–water partition coefficient (Wildman–Crippen LogP) is 1.68. The number of carbonyl (C=O) groups is 2. The molecule has 1 heterocycles. The molecule has 2 N–H and O–H groups in total. The van der Waals surface area contributed by atoms with Gasteiger partial charge in [-0.1, -0.05) is 18.2 Å². The second-order valence-corrected chi connectivity index (χ2v) is 4.62. The molecule has 0 saturated carbocycles. The fourth-order valence-electron chi connectivity index (χ4n) is 1.86. The number of amides is 2. The number of nitrogens with zero attached hydrogens (tertiary/aromatic N) is 1. The lowest BCUT2D eigenvalue weighted by atomic mass is 10.1. The third kappa shape index (κ3) is 3.89. The van der Waals surface area contributed by atoms with Crippen LogP contribution in [0, 0.1) is 6.92 Å².